The molecule has 1 aliphatic carbocycles. The standard InChI is InChI=1S/C15H16BrCl2F3/c16-12(6-9-4-5-13(17)14(18)7-9)10-2-1-3-11(8-10)15(19,20)21/h4-5,7,10-12H,1-3,6,8H2. The average Bonchev–Trinajstić information content (AvgIpc) is 2.42. The van der Waals surface area contributed by atoms with E-state index in [1.54, 1.807) is 12.1 Å². The van der Waals surface area contributed by atoms with Gasteiger partial charge in [0.25, 0.3) is 0 Å². The fraction of sp³-hybridized carbons (Fsp3) is 0.600. The van der Waals surface area contributed by atoms with Crippen molar-refractivity contribution in [2.75, 3.05) is 0 Å². The molecule has 21 heavy (non-hydrogen) atoms. The molecule has 1 aromatic carbocycles. The number of hydrogen-bond acceptors (Lipinski definition) is 0. The molecule has 0 aliphatic heterocycles. The highest BCUT2D eigenvalue weighted by Gasteiger charge is 2.43. The van der Waals surface area contributed by atoms with Gasteiger partial charge in [-0.3, -0.25) is 0 Å². The van der Waals surface area contributed by atoms with Crippen LogP contribution in [0, 0.1) is 11.8 Å². The van der Waals surface area contributed by atoms with E-state index in [9.17, 15) is 13.2 Å². The smallest absolute Gasteiger partial charge is 0.171 e. The highest BCUT2D eigenvalue weighted by Crippen LogP contribution is 2.42. The van der Waals surface area contributed by atoms with E-state index in [4.69, 9.17) is 23.2 Å². The van der Waals surface area contributed by atoms with Gasteiger partial charge in [-0.15, -0.1) is 0 Å². The van der Waals surface area contributed by atoms with E-state index in [1.165, 1.54) is 0 Å². The van der Waals surface area contributed by atoms with Crippen molar-refractivity contribution in [3.05, 3.63) is 33.8 Å². The van der Waals surface area contributed by atoms with E-state index in [0.29, 0.717) is 22.9 Å². The molecule has 0 N–H and O–H groups in total. The summed E-state index contributed by atoms with van der Waals surface area (Å²) in [6, 6.07) is 5.37. The zero-order valence-corrected chi connectivity index (χ0v) is 14.4. The monoisotopic (exact) mass is 402 g/mol. The van der Waals surface area contributed by atoms with Crippen LogP contribution in [0.3, 0.4) is 0 Å². The van der Waals surface area contributed by atoms with Crippen molar-refractivity contribution < 1.29 is 13.2 Å². The van der Waals surface area contributed by atoms with Gasteiger partial charge < -0.3 is 0 Å². The minimum Gasteiger partial charge on any atom is -0.171 e. The van der Waals surface area contributed by atoms with Gasteiger partial charge in [0.05, 0.1) is 16.0 Å². The van der Waals surface area contributed by atoms with Crippen LogP contribution in [0.1, 0.15) is 31.2 Å². The second kappa shape index (κ2) is 7.10. The maximum Gasteiger partial charge on any atom is 0.391 e. The number of hydrogen-bond donors (Lipinski definition) is 0. The molecular formula is C15H16BrCl2F3. The van der Waals surface area contributed by atoms with Gasteiger partial charge in [0.2, 0.25) is 0 Å². The highest BCUT2D eigenvalue weighted by atomic mass is 79.9. The summed E-state index contributed by atoms with van der Waals surface area (Å²) >= 11 is 15.4. The van der Waals surface area contributed by atoms with E-state index in [2.05, 4.69) is 15.9 Å². The Balaban J connectivity index is 1.99. The third-order valence-corrected chi connectivity index (χ3v) is 5.91. The topological polar surface area (TPSA) is 0 Å². The highest BCUT2D eigenvalue weighted by molar-refractivity contribution is 9.09. The molecule has 6 heteroatoms. The molecular weight excluding hydrogens is 388 g/mol. The number of benzene rings is 1. The summed E-state index contributed by atoms with van der Waals surface area (Å²) in [5.74, 6) is -1.12. The molecule has 0 saturated heterocycles. The summed E-state index contributed by atoms with van der Waals surface area (Å²) in [6.07, 6.45) is -1.48. The Bertz CT molecular complexity index is 490. The summed E-state index contributed by atoms with van der Waals surface area (Å²) < 4.78 is 38.6. The Labute approximate surface area is 141 Å². The first-order valence-electron chi connectivity index (χ1n) is 6.92. The zero-order valence-electron chi connectivity index (χ0n) is 11.3. The van der Waals surface area contributed by atoms with E-state index >= 15 is 0 Å². The first-order valence-corrected chi connectivity index (χ1v) is 8.59. The van der Waals surface area contributed by atoms with Crippen molar-refractivity contribution in [2.24, 2.45) is 11.8 Å². The van der Waals surface area contributed by atoms with Gasteiger partial charge in [-0.2, -0.15) is 13.2 Å². The van der Waals surface area contributed by atoms with Crippen molar-refractivity contribution in [3.63, 3.8) is 0 Å². The van der Waals surface area contributed by atoms with Gasteiger partial charge in [0.15, 0.2) is 0 Å². The van der Waals surface area contributed by atoms with Crippen molar-refractivity contribution in [1.29, 1.82) is 0 Å². The van der Waals surface area contributed by atoms with Gasteiger partial charge in [0.1, 0.15) is 0 Å². The van der Waals surface area contributed by atoms with Crippen molar-refractivity contribution in [2.45, 2.75) is 43.1 Å². The minimum atomic E-state index is -4.07. The van der Waals surface area contributed by atoms with Crippen LogP contribution in [-0.2, 0) is 6.42 Å². The van der Waals surface area contributed by atoms with Crippen LogP contribution in [-0.4, -0.2) is 11.0 Å². The molecule has 0 spiro atoms. The molecule has 118 valence electrons. The lowest BCUT2D eigenvalue weighted by atomic mass is 9.78. The maximum absolute atomic E-state index is 12.9. The molecule has 3 unspecified atom stereocenters. The molecule has 1 aliphatic rings. The van der Waals surface area contributed by atoms with Gasteiger partial charge in [-0.05, 0) is 49.3 Å². The van der Waals surface area contributed by atoms with E-state index < -0.39 is 12.1 Å². The van der Waals surface area contributed by atoms with Gasteiger partial charge in [-0.1, -0.05) is 51.6 Å². The SMILES string of the molecule is FC(F)(F)C1CCCC(C(Br)Cc2ccc(Cl)c(Cl)c2)C1. The first kappa shape index (κ1) is 17.4. The molecule has 0 radical (unpaired) electrons. The van der Waals surface area contributed by atoms with Crippen LogP contribution in [0.2, 0.25) is 10.0 Å². The summed E-state index contributed by atoms with van der Waals surface area (Å²) in [5.41, 5.74) is 0.986. The van der Waals surface area contributed by atoms with Crippen LogP contribution >= 0.6 is 39.1 Å². The third kappa shape index (κ3) is 4.77. The molecule has 3 atom stereocenters. The Morgan fingerprint density at radius 2 is 1.90 bits per heavy atom. The third-order valence-electron chi connectivity index (χ3n) is 4.10. The molecule has 1 fully saturated rings. The van der Waals surface area contributed by atoms with E-state index in [0.717, 1.165) is 12.0 Å². The summed E-state index contributed by atoms with van der Waals surface area (Å²) in [7, 11) is 0. The van der Waals surface area contributed by atoms with Crippen LogP contribution < -0.4 is 0 Å². The first-order chi connectivity index (χ1) is 9.77. The normalized spacial score (nSPS) is 24.9. The number of alkyl halides is 4. The lowest BCUT2D eigenvalue weighted by molar-refractivity contribution is -0.185. The lowest BCUT2D eigenvalue weighted by Crippen LogP contribution is -2.32. The molecule has 1 aromatic rings. The van der Waals surface area contributed by atoms with Crippen molar-refractivity contribution >= 4 is 39.1 Å². The molecule has 0 amide bonds. The lowest BCUT2D eigenvalue weighted by Gasteiger charge is -2.33. The van der Waals surface area contributed by atoms with Gasteiger partial charge in [0, 0.05) is 4.83 Å². The fourth-order valence-corrected chi connectivity index (χ4v) is 4.09. The second-order valence-electron chi connectivity index (χ2n) is 5.63. The quantitative estimate of drug-likeness (QED) is 0.494. The van der Waals surface area contributed by atoms with E-state index in [1.807, 2.05) is 6.07 Å². The maximum atomic E-state index is 12.9. The largest absolute Gasteiger partial charge is 0.391 e. The number of halogens is 6. The number of rotatable bonds is 3. The Hall–Kier alpha value is 0.0700. The summed E-state index contributed by atoms with van der Waals surface area (Å²) in [4.78, 5) is 0.0277. The van der Waals surface area contributed by atoms with Crippen molar-refractivity contribution in [1.82, 2.24) is 0 Å². The zero-order chi connectivity index (χ0) is 15.6. The van der Waals surface area contributed by atoms with Crippen LogP contribution in [0.4, 0.5) is 13.2 Å². The van der Waals surface area contributed by atoms with Gasteiger partial charge in [-0.25, -0.2) is 0 Å². The van der Waals surface area contributed by atoms with Crippen LogP contribution in [0.5, 0.6) is 0 Å². The Morgan fingerprint density at radius 3 is 2.52 bits per heavy atom. The molecule has 2 rings (SSSR count). The Kier molecular flexibility index (Phi) is 5.89. The molecule has 0 bridgehead atoms. The predicted molar refractivity (Wildman–Crippen MR) is 84.4 cm³/mol. The molecule has 0 aromatic heterocycles. The Morgan fingerprint density at radius 1 is 1.19 bits per heavy atom. The minimum absolute atomic E-state index is 0.0277. The predicted octanol–water partition coefficient (Wildman–Crippen LogP) is 6.67. The van der Waals surface area contributed by atoms with E-state index in [-0.39, 0.29) is 23.6 Å². The van der Waals surface area contributed by atoms with Crippen LogP contribution in [0.15, 0.2) is 18.2 Å². The molecule has 0 heterocycles. The fourth-order valence-electron chi connectivity index (χ4n) is 2.91. The second-order valence-corrected chi connectivity index (χ2v) is 7.62. The summed E-state index contributed by atoms with van der Waals surface area (Å²) in [5, 5.41) is 0.965. The summed E-state index contributed by atoms with van der Waals surface area (Å²) in [6.45, 7) is 0. The molecule has 0 nitrogen and oxygen atoms in total. The van der Waals surface area contributed by atoms with Gasteiger partial charge >= 0.3 is 6.18 Å². The molecule has 1 saturated carbocycles. The average molecular weight is 404 g/mol. The van der Waals surface area contributed by atoms with Crippen molar-refractivity contribution in [3.8, 4) is 0 Å². The van der Waals surface area contributed by atoms with Crippen LogP contribution in [0.25, 0.3) is 0 Å².